The Labute approximate surface area is 118 Å². The number of aldehydes is 1. The summed E-state index contributed by atoms with van der Waals surface area (Å²) in [6.07, 6.45) is 1.78. The van der Waals surface area contributed by atoms with Crippen molar-refractivity contribution >= 4 is 6.29 Å². The Morgan fingerprint density at radius 2 is 1.95 bits per heavy atom. The molecule has 1 heterocycles. The van der Waals surface area contributed by atoms with Crippen LogP contribution in [0.2, 0.25) is 0 Å². The summed E-state index contributed by atoms with van der Waals surface area (Å²) in [5.74, 6) is 2.31. The molecule has 0 fully saturated rings. The highest BCUT2D eigenvalue weighted by atomic mass is 16.7. The largest absolute Gasteiger partial charge is 0.490 e. The molecular formula is C15H20O5. The summed E-state index contributed by atoms with van der Waals surface area (Å²) < 4.78 is 21.5. The molecule has 0 unspecified atom stereocenters. The number of hydrogen-bond donors (Lipinski definition) is 0. The number of benzene rings is 1. The fourth-order valence-electron chi connectivity index (χ4n) is 1.79. The molecule has 0 saturated heterocycles. The van der Waals surface area contributed by atoms with Crippen molar-refractivity contribution in [3.05, 3.63) is 17.7 Å². The zero-order chi connectivity index (χ0) is 14.4. The summed E-state index contributed by atoms with van der Waals surface area (Å²) >= 11 is 0. The molecule has 0 amide bonds. The molecule has 0 saturated carbocycles. The molecule has 0 aromatic heterocycles. The number of carbonyl (C=O) groups excluding carboxylic acids is 1. The van der Waals surface area contributed by atoms with Gasteiger partial charge in [0.05, 0.1) is 12.2 Å². The smallest absolute Gasteiger partial charge is 0.231 e. The van der Waals surface area contributed by atoms with Gasteiger partial charge in [-0.15, -0.1) is 0 Å². The van der Waals surface area contributed by atoms with Gasteiger partial charge in [0.2, 0.25) is 6.79 Å². The number of rotatable bonds is 8. The minimum absolute atomic E-state index is 0.176. The zero-order valence-electron chi connectivity index (χ0n) is 11.9. The summed E-state index contributed by atoms with van der Waals surface area (Å²) in [5.41, 5.74) is 0.455. The van der Waals surface area contributed by atoms with Crippen LogP contribution in [0.5, 0.6) is 17.2 Å². The quantitative estimate of drug-likeness (QED) is 0.541. The Balaban J connectivity index is 1.82. The Kier molecular flexibility index (Phi) is 5.24. The molecule has 0 aliphatic carbocycles. The number of ether oxygens (including phenoxy) is 4. The lowest BCUT2D eigenvalue weighted by Crippen LogP contribution is -2.09. The highest BCUT2D eigenvalue weighted by Gasteiger charge is 2.17. The molecule has 0 atom stereocenters. The summed E-state index contributed by atoms with van der Waals surface area (Å²) in [4.78, 5) is 11.0. The van der Waals surface area contributed by atoms with Crippen LogP contribution in [0.3, 0.4) is 0 Å². The van der Waals surface area contributed by atoms with Gasteiger partial charge >= 0.3 is 0 Å². The molecule has 1 aliphatic heterocycles. The molecule has 0 radical (unpaired) electrons. The lowest BCUT2D eigenvalue weighted by Gasteiger charge is -2.10. The van der Waals surface area contributed by atoms with Crippen molar-refractivity contribution in [3.63, 3.8) is 0 Å². The topological polar surface area (TPSA) is 54.0 Å². The maximum atomic E-state index is 11.0. The summed E-state index contributed by atoms with van der Waals surface area (Å²) in [7, 11) is 0. The first-order chi connectivity index (χ1) is 9.70. The average molecular weight is 280 g/mol. The standard InChI is InChI=1S/C15H20O5/c1-11(2)3-4-17-5-6-18-13-8-15-14(19-10-20-15)7-12(13)9-16/h7-9,11H,3-6,10H2,1-2H3. The van der Waals surface area contributed by atoms with Gasteiger partial charge in [0, 0.05) is 12.7 Å². The van der Waals surface area contributed by atoms with E-state index in [1.54, 1.807) is 12.1 Å². The monoisotopic (exact) mass is 280 g/mol. The van der Waals surface area contributed by atoms with Crippen LogP contribution in [0.15, 0.2) is 12.1 Å². The summed E-state index contributed by atoms with van der Waals surface area (Å²) in [6, 6.07) is 3.31. The molecule has 1 aromatic carbocycles. The van der Waals surface area contributed by atoms with Crippen LogP contribution >= 0.6 is 0 Å². The van der Waals surface area contributed by atoms with Crippen molar-refractivity contribution in [2.45, 2.75) is 20.3 Å². The second-order valence-electron chi connectivity index (χ2n) is 5.00. The van der Waals surface area contributed by atoms with Crippen molar-refractivity contribution in [1.82, 2.24) is 0 Å². The molecule has 5 nitrogen and oxygen atoms in total. The van der Waals surface area contributed by atoms with Gasteiger partial charge in [-0.2, -0.15) is 0 Å². The zero-order valence-corrected chi connectivity index (χ0v) is 11.9. The van der Waals surface area contributed by atoms with Gasteiger partial charge in [-0.1, -0.05) is 13.8 Å². The van der Waals surface area contributed by atoms with Gasteiger partial charge in [0.1, 0.15) is 12.4 Å². The van der Waals surface area contributed by atoms with Gasteiger partial charge in [-0.25, -0.2) is 0 Å². The first kappa shape index (κ1) is 14.7. The van der Waals surface area contributed by atoms with Gasteiger partial charge in [0.15, 0.2) is 17.8 Å². The molecule has 2 rings (SSSR count). The first-order valence-electron chi connectivity index (χ1n) is 6.80. The fourth-order valence-corrected chi connectivity index (χ4v) is 1.79. The van der Waals surface area contributed by atoms with Crippen LogP contribution in [-0.2, 0) is 4.74 Å². The van der Waals surface area contributed by atoms with Crippen LogP contribution < -0.4 is 14.2 Å². The highest BCUT2D eigenvalue weighted by molar-refractivity contribution is 5.81. The van der Waals surface area contributed by atoms with E-state index in [2.05, 4.69) is 13.8 Å². The SMILES string of the molecule is CC(C)CCOCCOc1cc2c(cc1C=O)OCO2. The molecular weight excluding hydrogens is 260 g/mol. The van der Waals surface area contributed by atoms with Crippen LogP contribution in [-0.4, -0.2) is 32.9 Å². The van der Waals surface area contributed by atoms with Crippen LogP contribution in [0.1, 0.15) is 30.6 Å². The number of carbonyl (C=O) groups is 1. The van der Waals surface area contributed by atoms with Crippen LogP contribution in [0.25, 0.3) is 0 Å². The third kappa shape index (κ3) is 3.87. The minimum atomic E-state index is 0.176. The maximum absolute atomic E-state index is 11.0. The number of hydrogen-bond acceptors (Lipinski definition) is 5. The second-order valence-corrected chi connectivity index (χ2v) is 5.00. The predicted octanol–water partition coefficient (Wildman–Crippen LogP) is 2.67. The lowest BCUT2D eigenvalue weighted by molar-refractivity contribution is 0.0916. The molecule has 20 heavy (non-hydrogen) atoms. The highest BCUT2D eigenvalue weighted by Crippen LogP contribution is 2.37. The van der Waals surface area contributed by atoms with Gasteiger partial charge in [0.25, 0.3) is 0 Å². The van der Waals surface area contributed by atoms with Gasteiger partial charge in [-0.3, -0.25) is 4.79 Å². The third-order valence-electron chi connectivity index (χ3n) is 2.96. The third-order valence-corrected chi connectivity index (χ3v) is 2.96. The molecule has 1 aliphatic rings. The Morgan fingerprint density at radius 1 is 1.20 bits per heavy atom. The van der Waals surface area contributed by atoms with E-state index in [1.807, 2.05) is 0 Å². The van der Waals surface area contributed by atoms with E-state index in [9.17, 15) is 4.79 Å². The average Bonchev–Trinajstić information content (AvgIpc) is 2.88. The number of fused-ring (bicyclic) bond motifs is 1. The van der Waals surface area contributed by atoms with Gasteiger partial charge in [-0.05, 0) is 18.4 Å². The fraction of sp³-hybridized carbons (Fsp3) is 0.533. The summed E-state index contributed by atoms with van der Waals surface area (Å²) in [5, 5.41) is 0. The normalized spacial score (nSPS) is 12.8. The molecule has 0 spiro atoms. The van der Waals surface area contributed by atoms with Crippen molar-refractivity contribution < 1.29 is 23.7 Å². The Morgan fingerprint density at radius 3 is 2.65 bits per heavy atom. The molecule has 110 valence electrons. The maximum Gasteiger partial charge on any atom is 0.231 e. The van der Waals surface area contributed by atoms with E-state index in [4.69, 9.17) is 18.9 Å². The Hall–Kier alpha value is -1.75. The lowest BCUT2D eigenvalue weighted by atomic mass is 10.1. The van der Waals surface area contributed by atoms with E-state index < -0.39 is 0 Å². The van der Waals surface area contributed by atoms with E-state index in [0.717, 1.165) is 19.3 Å². The van der Waals surface area contributed by atoms with Crippen molar-refractivity contribution in [2.24, 2.45) is 5.92 Å². The van der Waals surface area contributed by atoms with E-state index in [-0.39, 0.29) is 6.79 Å². The minimum Gasteiger partial charge on any atom is -0.490 e. The van der Waals surface area contributed by atoms with E-state index in [1.165, 1.54) is 0 Å². The summed E-state index contributed by atoms with van der Waals surface area (Å²) in [6.45, 7) is 6.11. The van der Waals surface area contributed by atoms with Crippen molar-refractivity contribution in [2.75, 3.05) is 26.6 Å². The first-order valence-corrected chi connectivity index (χ1v) is 6.80. The van der Waals surface area contributed by atoms with E-state index >= 15 is 0 Å². The van der Waals surface area contributed by atoms with Crippen molar-refractivity contribution in [1.29, 1.82) is 0 Å². The predicted molar refractivity (Wildman–Crippen MR) is 73.7 cm³/mol. The molecule has 0 bridgehead atoms. The molecule has 0 N–H and O–H groups in total. The molecule has 1 aromatic rings. The second kappa shape index (κ2) is 7.14. The van der Waals surface area contributed by atoms with Gasteiger partial charge < -0.3 is 18.9 Å². The van der Waals surface area contributed by atoms with Crippen LogP contribution in [0, 0.1) is 5.92 Å². The van der Waals surface area contributed by atoms with Crippen molar-refractivity contribution in [3.8, 4) is 17.2 Å². The van der Waals surface area contributed by atoms with Crippen LogP contribution in [0.4, 0.5) is 0 Å². The van der Waals surface area contributed by atoms with E-state index in [0.29, 0.717) is 41.9 Å². The Bertz CT molecular complexity index is 456. The molecule has 5 heteroatoms.